The summed E-state index contributed by atoms with van der Waals surface area (Å²) in [5.41, 5.74) is 9.86. The molecule has 7 heteroatoms. The van der Waals surface area contributed by atoms with Crippen LogP contribution in [-0.2, 0) is 0 Å². The number of rotatable bonds is 2. The number of hydrogen-bond donors (Lipinski definition) is 2. The molecule has 0 spiro atoms. The van der Waals surface area contributed by atoms with Crippen LogP contribution >= 0.6 is 34.8 Å². The number of amides is 2. The molecule has 1 aromatic rings. The van der Waals surface area contributed by atoms with Gasteiger partial charge in [-0.2, -0.15) is 0 Å². The molecule has 2 amide bonds. The quantitative estimate of drug-likeness (QED) is 0.801. The van der Waals surface area contributed by atoms with Gasteiger partial charge >= 0.3 is 0 Å². The zero-order valence-corrected chi connectivity index (χ0v) is 9.45. The van der Waals surface area contributed by atoms with E-state index < -0.39 is 11.8 Å². The Labute approximate surface area is 100 Å². The Morgan fingerprint density at radius 1 is 1.00 bits per heavy atom. The Morgan fingerprint density at radius 3 is 1.93 bits per heavy atom. The second-order valence-electron chi connectivity index (χ2n) is 2.64. The van der Waals surface area contributed by atoms with Gasteiger partial charge < -0.3 is 11.5 Å². The number of halogens is 3. The first-order valence-electron chi connectivity index (χ1n) is 3.63. The summed E-state index contributed by atoms with van der Waals surface area (Å²) >= 11 is 17.1. The lowest BCUT2D eigenvalue weighted by atomic mass is 10.1. The summed E-state index contributed by atoms with van der Waals surface area (Å²) in [7, 11) is 0. The van der Waals surface area contributed by atoms with E-state index in [0.29, 0.717) is 0 Å². The van der Waals surface area contributed by atoms with Crippen molar-refractivity contribution < 1.29 is 9.59 Å². The van der Waals surface area contributed by atoms with Crippen molar-refractivity contribution in [1.82, 2.24) is 0 Å². The highest BCUT2D eigenvalue weighted by Crippen LogP contribution is 2.34. The molecule has 4 nitrogen and oxygen atoms in total. The van der Waals surface area contributed by atoms with Crippen molar-refractivity contribution in [3.63, 3.8) is 0 Å². The maximum atomic E-state index is 11.0. The van der Waals surface area contributed by atoms with Gasteiger partial charge in [0.25, 0.3) is 5.91 Å². The maximum Gasteiger partial charge on any atom is 0.251 e. The van der Waals surface area contributed by atoms with Crippen molar-refractivity contribution in [3.8, 4) is 0 Å². The Hall–Kier alpha value is -0.970. The van der Waals surface area contributed by atoms with Gasteiger partial charge in [-0.3, -0.25) is 9.59 Å². The topological polar surface area (TPSA) is 86.2 Å². The minimum atomic E-state index is -0.831. The predicted octanol–water partition coefficient (Wildman–Crippen LogP) is 1.84. The zero-order chi connectivity index (χ0) is 11.7. The fourth-order valence-corrected chi connectivity index (χ4v) is 1.88. The van der Waals surface area contributed by atoms with Crippen LogP contribution in [0.4, 0.5) is 0 Å². The first-order chi connectivity index (χ1) is 6.86. The Morgan fingerprint density at radius 2 is 1.53 bits per heavy atom. The van der Waals surface area contributed by atoms with E-state index in [1.165, 1.54) is 0 Å². The molecule has 0 saturated heterocycles. The molecule has 0 unspecified atom stereocenters. The summed E-state index contributed by atoms with van der Waals surface area (Å²) in [5.74, 6) is -1.62. The van der Waals surface area contributed by atoms with Gasteiger partial charge in [0.05, 0.1) is 26.2 Å². The van der Waals surface area contributed by atoms with Crippen LogP contribution in [0.1, 0.15) is 20.7 Å². The lowest BCUT2D eigenvalue weighted by Gasteiger charge is -2.08. The van der Waals surface area contributed by atoms with E-state index in [1.54, 1.807) is 0 Å². The molecule has 4 N–H and O–H groups in total. The average Bonchev–Trinajstić information content (AvgIpc) is 2.10. The molecule has 0 aromatic heterocycles. The number of benzene rings is 1. The maximum absolute atomic E-state index is 11.0. The van der Waals surface area contributed by atoms with E-state index in [-0.39, 0.29) is 26.2 Å². The van der Waals surface area contributed by atoms with E-state index in [4.69, 9.17) is 46.3 Å². The molecule has 0 fully saturated rings. The summed E-state index contributed by atoms with van der Waals surface area (Å²) < 4.78 is 0. The minimum Gasteiger partial charge on any atom is -0.366 e. The smallest absolute Gasteiger partial charge is 0.251 e. The third-order valence-electron chi connectivity index (χ3n) is 1.67. The molecule has 0 aliphatic heterocycles. The van der Waals surface area contributed by atoms with Crippen molar-refractivity contribution in [2.45, 2.75) is 0 Å². The predicted molar refractivity (Wildman–Crippen MR) is 58.5 cm³/mol. The van der Waals surface area contributed by atoms with E-state index >= 15 is 0 Å². The third-order valence-corrected chi connectivity index (χ3v) is 2.84. The van der Waals surface area contributed by atoms with Crippen molar-refractivity contribution in [2.75, 3.05) is 0 Å². The van der Waals surface area contributed by atoms with Crippen molar-refractivity contribution >= 4 is 46.6 Å². The first kappa shape index (κ1) is 12.1. The second-order valence-corrected chi connectivity index (χ2v) is 3.80. The Balaban J connectivity index is 3.58. The van der Waals surface area contributed by atoms with E-state index in [0.717, 1.165) is 6.07 Å². The largest absolute Gasteiger partial charge is 0.366 e. The molecule has 0 aliphatic rings. The molecule has 1 rings (SSSR count). The van der Waals surface area contributed by atoms with Crippen LogP contribution < -0.4 is 11.5 Å². The van der Waals surface area contributed by atoms with Gasteiger partial charge in [-0.1, -0.05) is 34.8 Å². The highest BCUT2D eigenvalue weighted by molar-refractivity contribution is 6.47. The number of nitrogens with two attached hydrogens (primary N) is 2. The Bertz CT molecular complexity index is 460. The van der Waals surface area contributed by atoms with Gasteiger partial charge in [-0.15, -0.1) is 0 Å². The van der Waals surface area contributed by atoms with Gasteiger partial charge in [0.2, 0.25) is 5.91 Å². The van der Waals surface area contributed by atoms with E-state index in [2.05, 4.69) is 0 Å². The molecular weight excluding hydrogens is 262 g/mol. The lowest BCUT2D eigenvalue weighted by Crippen LogP contribution is -2.16. The SMILES string of the molecule is NC(=O)c1cc(Cl)c(C(N)=O)c(Cl)c1Cl. The van der Waals surface area contributed by atoms with Crippen molar-refractivity contribution in [2.24, 2.45) is 11.5 Å². The molecule has 0 bridgehead atoms. The molecule has 0 radical (unpaired) electrons. The third kappa shape index (κ3) is 2.17. The summed E-state index contributed by atoms with van der Waals surface area (Å²) in [6.07, 6.45) is 0. The highest BCUT2D eigenvalue weighted by atomic mass is 35.5. The van der Waals surface area contributed by atoms with Crippen LogP contribution in [0.2, 0.25) is 15.1 Å². The van der Waals surface area contributed by atoms with Crippen LogP contribution in [-0.4, -0.2) is 11.8 Å². The van der Waals surface area contributed by atoms with E-state index in [9.17, 15) is 9.59 Å². The summed E-state index contributed by atoms with van der Waals surface area (Å²) in [6.45, 7) is 0. The van der Waals surface area contributed by atoms with Crippen LogP contribution in [0.5, 0.6) is 0 Å². The molecule has 80 valence electrons. The number of hydrogen-bond acceptors (Lipinski definition) is 2. The molecule has 0 aliphatic carbocycles. The fraction of sp³-hybridized carbons (Fsp3) is 0. The molecule has 0 atom stereocenters. The van der Waals surface area contributed by atoms with Gasteiger partial charge in [-0.05, 0) is 6.07 Å². The molecule has 1 aromatic carbocycles. The molecular formula is C8H5Cl3N2O2. The standard InChI is InChI=1S/C8H5Cl3N2O2/c9-3-1-2(7(12)14)5(10)6(11)4(3)8(13)15/h1H,(H2,12,14)(H2,13,15). The zero-order valence-electron chi connectivity index (χ0n) is 7.18. The first-order valence-corrected chi connectivity index (χ1v) is 4.76. The summed E-state index contributed by atoms with van der Waals surface area (Å²) in [6, 6.07) is 1.15. The monoisotopic (exact) mass is 266 g/mol. The van der Waals surface area contributed by atoms with E-state index in [1.807, 2.05) is 0 Å². The van der Waals surface area contributed by atoms with Crippen LogP contribution in [0.3, 0.4) is 0 Å². The van der Waals surface area contributed by atoms with Crippen molar-refractivity contribution in [3.05, 3.63) is 32.3 Å². The summed E-state index contributed by atoms with van der Waals surface area (Å²) in [4.78, 5) is 21.9. The van der Waals surface area contributed by atoms with Crippen LogP contribution in [0.15, 0.2) is 6.07 Å². The number of carbonyl (C=O) groups excluding carboxylic acids is 2. The van der Waals surface area contributed by atoms with Gasteiger partial charge in [0.15, 0.2) is 0 Å². The average molecular weight is 267 g/mol. The van der Waals surface area contributed by atoms with Gasteiger partial charge in [0, 0.05) is 0 Å². The second kappa shape index (κ2) is 4.26. The highest BCUT2D eigenvalue weighted by Gasteiger charge is 2.20. The minimum absolute atomic E-state index is 0.0586. The fourth-order valence-electron chi connectivity index (χ4n) is 1.00. The molecule has 0 heterocycles. The van der Waals surface area contributed by atoms with Crippen LogP contribution in [0, 0.1) is 0 Å². The Kier molecular flexibility index (Phi) is 3.44. The number of carbonyl (C=O) groups is 2. The van der Waals surface area contributed by atoms with Gasteiger partial charge in [-0.25, -0.2) is 0 Å². The lowest BCUT2D eigenvalue weighted by molar-refractivity contribution is 0.0988. The van der Waals surface area contributed by atoms with Gasteiger partial charge in [0.1, 0.15) is 0 Å². The van der Waals surface area contributed by atoms with Crippen LogP contribution in [0.25, 0.3) is 0 Å². The number of primary amides is 2. The van der Waals surface area contributed by atoms with Crippen molar-refractivity contribution in [1.29, 1.82) is 0 Å². The molecule has 0 saturated carbocycles. The molecule has 15 heavy (non-hydrogen) atoms. The normalized spacial score (nSPS) is 10.1. The summed E-state index contributed by atoms with van der Waals surface area (Å²) in [5, 5.41) is -0.376.